The van der Waals surface area contributed by atoms with Crippen LogP contribution in [-0.4, -0.2) is 26.3 Å². The van der Waals surface area contributed by atoms with Crippen LogP contribution in [-0.2, 0) is 4.74 Å². The van der Waals surface area contributed by atoms with Gasteiger partial charge in [0.15, 0.2) is 0 Å². The van der Waals surface area contributed by atoms with Crippen molar-refractivity contribution in [3.8, 4) is 0 Å². The summed E-state index contributed by atoms with van der Waals surface area (Å²) in [6, 6.07) is 0.545. The summed E-state index contributed by atoms with van der Waals surface area (Å²) >= 11 is 0. The lowest BCUT2D eigenvalue weighted by Crippen LogP contribution is -2.35. The fourth-order valence-corrected chi connectivity index (χ4v) is 1.31. The van der Waals surface area contributed by atoms with E-state index in [9.17, 15) is 0 Å². The van der Waals surface area contributed by atoms with Crippen LogP contribution in [0.5, 0.6) is 0 Å². The van der Waals surface area contributed by atoms with Crippen LogP contribution in [0.25, 0.3) is 0 Å². The Morgan fingerprint density at radius 2 is 2.00 bits per heavy atom. The van der Waals surface area contributed by atoms with Crippen molar-refractivity contribution in [2.24, 2.45) is 5.92 Å². The second kappa shape index (κ2) is 8.52. The topological polar surface area (TPSA) is 21.3 Å². The Hall–Kier alpha value is -0.0800. The van der Waals surface area contributed by atoms with E-state index in [2.05, 4.69) is 26.1 Å². The van der Waals surface area contributed by atoms with Crippen molar-refractivity contribution in [2.45, 2.75) is 46.1 Å². The fourth-order valence-electron chi connectivity index (χ4n) is 1.31. The van der Waals surface area contributed by atoms with E-state index >= 15 is 0 Å². The van der Waals surface area contributed by atoms with Gasteiger partial charge in [-0.1, -0.05) is 33.6 Å². The predicted octanol–water partition coefficient (Wildman–Crippen LogP) is 2.44. The molecule has 0 saturated carbocycles. The smallest absolute Gasteiger partial charge is 0.0615 e. The second-order valence-corrected chi connectivity index (χ2v) is 3.86. The van der Waals surface area contributed by atoms with Crippen molar-refractivity contribution in [2.75, 3.05) is 20.3 Å². The van der Waals surface area contributed by atoms with Gasteiger partial charge in [-0.05, 0) is 18.9 Å². The average molecular weight is 187 g/mol. The average Bonchev–Trinajstić information content (AvgIpc) is 2.14. The van der Waals surface area contributed by atoms with Gasteiger partial charge in [-0.15, -0.1) is 0 Å². The summed E-state index contributed by atoms with van der Waals surface area (Å²) in [5, 5.41) is 3.55. The summed E-state index contributed by atoms with van der Waals surface area (Å²) in [5.74, 6) is 0.774. The minimum atomic E-state index is 0.545. The third kappa shape index (κ3) is 7.03. The van der Waals surface area contributed by atoms with Crippen molar-refractivity contribution in [1.29, 1.82) is 0 Å². The molecule has 2 unspecified atom stereocenters. The van der Waals surface area contributed by atoms with Crippen molar-refractivity contribution < 1.29 is 4.74 Å². The van der Waals surface area contributed by atoms with Gasteiger partial charge in [0.2, 0.25) is 0 Å². The molecule has 0 rings (SSSR count). The maximum Gasteiger partial charge on any atom is 0.0615 e. The highest BCUT2D eigenvalue weighted by Gasteiger charge is 2.07. The number of ether oxygens (including phenoxy) is 1. The zero-order valence-electron chi connectivity index (χ0n) is 9.60. The Labute approximate surface area is 83.1 Å². The molecule has 0 fully saturated rings. The maximum atomic E-state index is 5.16. The summed E-state index contributed by atoms with van der Waals surface area (Å²) < 4.78 is 5.16. The van der Waals surface area contributed by atoms with Gasteiger partial charge in [0.1, 0.15) is 0 Å². The molecular weight excluding hydrogens is 162 g/mol. The van der Waals surface area contributed by atoms with Crippen LogP contribution in [0.4, 0.5) is 0 Å². The van der Waals surface area contributed by atoms with Crippen molar-refractivity contribution in [3.05, 3.63) is 0 Å². The first-order chi connectivity index (χ1) is 6.24. The van der Waals surface area contributed by atoms with Crippen LogP contribution >= 0.6 is 0 Å². The minimum absolute atomic E-state index is 0.545. The summed E-state index contributed by atoms with van der Waals surface area (Å²) in [4.78, 5) is 0. The molecule has 1 N–H and O–H groups in total. The third-order valence-corrected chi connectivity index (χ3v) is 2.46. The van der Waals surface area contributed by atoms with Crippen LogP contribution < -0.4 is 5.32 Å². The lowest BCUT2D eigenvalue weighted by Gasteiger charge is -2.19. The summed E-state index contributed by atoms with van der Waals surface area (Å²) in [7, 11) is 1.77. The minimum Gasteiger partial charge on any atom is -0.383 e. The molecule has 0 aliphatic heterocycles. The molecule has 80 valence electrons. The molecule has 0 aromatic rings. The lowest BCUT2D eigenvalue weighted by atomic mass is 10.1. The lowest BCUT2D eigenvalue weighted by molar-refractivity contribution is 0.160. The Kier molecular flexibility index (Phi) is 8.46. The van der Waals surface area contributed by atoms with Crippen molar-refractivity contribution >= 4 is 0 Å². The summed E-state index contributed by atoms with van der Waals surface area (Å²) in [6.45, 7) is 8.68. The van der Waals surface area contributed by atoms with Crippen LogP contribution in [0.15, 0.2) is 0 Å². The highest BCUT2D eigenvalue weighted by atomic mass is 16.5. The van der Waals surface area contributed by atoms with E-state index in [4.69, 9.17) is 4.74 Å². The van der Waals surface area contributed by atoms with Gasteiger partial charge in [-0.25, -0.2) is 0 Å². The third-order valence-electron chi connectivity index (χ3n) is 2.46. The van der Waals surface area contributed by atoms with Gasteiger partial charge in [-0.2, -0.15) is 0 Å². The standard InChI is InChI=1S/C11H25NO/c1-5-7-11(9-13-4)12-8-10(3)6-2/h10-12H,5-9H2,1-4H3. The van der Waals surface area contributed by atoms with Gasteiger partial charge < -0.3 is 10.1 Å². The van der Waals surface area contributed by atoms with E-state index in [-0.39, 0.29) is 0 Å². The maximum absolute atomic E-state index is 5.16. The van der Waals surface area contributed by atoms with Gasteiger partial charge in [-0.3, -0.25) is 0 Å². The van der Waals surface area contributed by atoms with E-state index in [0.717, 1.165) is 19.1 Å². The molecule has 0 heterocycles. The molecule has 0 aliphatic rings. The van der Waals surface area contributed by atoms with Crippen LogP contribution in [0.1, 0.15) is 40.0 Å². The Bertz CT molecular complexity index is 100. The molecule has 0 aromatic carbocycles. The second-order valence-electron chi connectivity index (χ2n) is 3.86. The Balaban J connectivity index is 3.55. The van der Waals surface area contributed by atoms with Gasteiger partial charge in [0, 0.05) is 13.2 Å². The van der Waals surface area contributed by atoms with Gasteiger partial charge in [0.25, 0.3) is 0 Å². The molecule has 2 nitrogen and oxygen atoms in total. The van der Waals surface area contributed by atoms with Crippen LogP contribution in [0, 0.1) is 5.92 Å². The molecule has 0 bridgehead atoms. The highest BCUT2D eigenvalue weighted by Crippen LogP contribution is 2.01. The van der Waals surface area contributed by atoms with Crippen molar-refractivity contribution in [1.82, 2.24) is 5.32 Å². The first-order valence-corrected chi connectivity index (χ1v) is 5.46. The molecule has 0 amide bonds. The molecule has 2 atom stereocenters. The fraction of sp³-hybridized carbons (Fsp3) is 1.00. The quantitative estimate of drug-likeness (QED) is 0.630. The zero-order chi connectivity index (χ0) is 10.1. The SMILES string of the molecule is CCCC(COC)NCC(C)CC. The Morgan fingerprint density at radius 3 is 2.46 bits per heavy atom. The molecule has 13 heavy (non-hydrogen) atoms. The first-order valence-electron chi connectivity index (χ1n) is 5.46. The molecule has 0 saturated heterocycles. The molecule has 0 spiro atoms. The molecule has 0 aromatic heterocycles. The number of rotatable bonds is 8. The number of nitrogens with one attached hydrogen (secondary N) is 1. The molecular formula is C11H25NO. The van der Waals surface area contributed by atoms with E-state index in [0.29, 0.717) is 6.04 Å². The van der Waals surface area contributed by atoms with Crippen LogP contribution in [0.2, 0.25) is 0 Å². The van der Waals surface area contributed by atoms with E-state index < -0.39 is 0 Å². The molecule has 0 radical (unpaired) electrons. The normalized spacial score (nSPS) is 15.7. The predicted molar refractivity (Wildman–Crippen MR) is 58.0 cm³/mol. The Morgan fingerprint density at radius 1 is 1.31 bits per heavy atom. The monoisotopic (exact) mass is 187 g/mol. The van der Waals surface area contributed by atoms with E-state index in [1.807, 2.05) is 0 Å². The number of methoxy groups -OCH3 is 1. The van der Waals surface area contributed by atoms with E-state index in [1.54, 1.807) is 7.11 Å². The van der Waals surface area contributed by atoms with E-state index in [1.165, 1.54) is 19.3 Å². The van der Waals surface area contributed by atoms with Gasteiger partial charge in [0.05, 0.1) is 6.61 Å². The first kappa shape index (κ1) is 12.9. The van der Waals surface area contributed by atoms with Gasteiger partial charge >= 0.3 is 0 Å². The number of hydrogen-bond acceptors (Lipinski definition) is 2. The highest BCUT2D eigenvalue weighted by molar-refractivity contribution is 4.66. The van der Waals surface area contributed by atoms with Crippen molar-refractivity contribution in [3.63, 3.8) is 0 Å². The number of hydrogen-bond donors (Lipinski definition) is 1. The zero-order valence-corrected chi connectivity index (χ0v) is 9.60. The summed E-state index contributed by atoms with van der Waals surface area (Å²) in [5.41, 5.74) is 0. The molecule has 0 aliphatic carbocycles. The van der Waals surface area contributed by atoms with Crippen LogP contribution in [0.3, 0.4) is 0 Å². The molecule has 2 heteroatoms. The summed E-state index contributed by atoms with van der Waals surface area (Å²) in [6.07, 6.45) is 3.69. The largest absolute Gasteiger partial charge is 0.383 e.